The van der Waals surface area contributed by atoms with Crippen molar-refractivity contribution in [3.63, 3.8) is 0 Å². The van der Waals surface area contributed by atoms with E-state index in [2.05, 4.69) is 16.3 Å². The second kappa shape index (κ2) is 9.91. The number of hydrogen-bond donors (Lipinski definition) is 2. The highest BCUT2D eigenvalue weighted by Gasteiger charge is 2.37. The van der Waals surface area contributed by atoms with Crippen LogP contribution in [-0.4, -0.2) is 41.4 Å². The average molecular weight is 362 g/mol. The number of carbonyl (C=O) groups excluding carboxylic acids is 2. The van der Waals surface area contributed by atoms with Crippen molar-refractivity contribution < 1.29 is 9.59 Å². The van der Waals surface area contributed by atoms with E-state index in [1.165, 1.54) is 32.1 Å². The van der Waals surface area contributed by atoms with Gasteiger partial charge in [0.1, 0.15) is 5.54 Å². The van der Waals surface area contributed by atoms with Crippen LogP contribution in [0.2, 0.25) is 0 Å². The number of nitriles is 1. The minimum absolute atomic E-state index is 0.116. The van der Waals surface area contributed by atoms with E-state index < -0.39 is 5.54 Å². The van der Waals surface area contributed by atoms with Gasteiger partial charge in [-0.3, -0.25) is 14.5 Å². The molecular formula is C20H33N4O2. The standard InChI is InChI=1S/C20H33N4O2/c1-2-17(14-18(22)25)24-12-10-20(15-21,11-13-24)23-19(26)9-8-16-6-4-3-5-7-16/h9,16-17H,2-8,10-14H2,1H3,(H2,22,25)(H,23,26). The van der Waals surface area contributed by atoms with Crippen LogP contribution in [-0.2, 0) is 9.59 Å². The van der Waals surface area contributed by atoms with Crippen LogP contribution in [0.15, 0.2) is 0 Å². The highest BCUT2D eigenvalue weighted by atomic mass is 16.2. The van der Waals surface area contributed by atoms with Crippen LogP contribution in [0.1, 0.15) is 71.1 Å². The predicted molar refractivity (Wildman–Crippen MR) is 101 cm³/mol. The number of nitrogens with one attached hydrogen (secondary N) is 1. The lowest BCUT2D eigenvalue weighted by molar-refractivity contribution is -0.120. The quantitative estimate of drug-likeness (QED) is 0.693. The molecule has 2 fully saturated rings. The maximum atomic E-state index is 12.3. The number of rotatable bonds is 8. The van der Waals surface area contributed by atoms with Crippen LogP contribution < -0.4 is 11.1 Å². The van der Waals surface area contributed by atoms with Crippen LogP contribution in [0.4, 0.5) is 0 Å². The van der Waals surface area contributed by atoms with Crippen molar-refractivity contribution in [1.82, 2.24) is 10.2 Å². The number of amides is 2. The van der Waals surface area contributed by atoms with Gasteiger partial charge in [-0.25, -0.2) is 0 Å². The summed E-state index contributed by atoms with van der Waals surface area (Å²) in [6.45, 7) is 3.44. The van der Waals surface area contributed by atoms with Gasteiger partial charge in [-0.15, -0.1) is 0 Å². The van der Waals surface area contributed by atoms with Gasteiger partial charge < -0.3 is 11.1 Å². The van der Waals surface area contributed by atoms with E-state index in [0.29, 0.717) is 38.3 Å². The number of hydrogen-bond acceptors (Lipinski definition) is 4. The molecule has 0 aromatic heterocycles. The molecular weight excluding hydrogens is 328 g/mol. The predicted octanol–water partition coefficient (Wildman–Crippen LogP) is 2.29. The van der Waals surface area contributed by atoms with E-state index in [4.69, 9.17) is 5.73 Å². The molecule has 1 heterocycles. The molecule has 0 spiro atoms. The monoisotopic (exact) mass is 361 g/mol. The third-order valence-corrected chi connectivity index (χ3v) is 6.01. The smallest absolute Gasteiger partial charge is 0.225 e. The van der Waals surface area contributed by atoms with Gasteiger partial charge in [-0.05, 0) is 31.6 Å². The Morgan fingerprint density at radius 3 is 2.50 bits per heavy atom. The summed E-state index contributed by atoms with van der Waals surface area (Å²) in [6, 6.07) is 2.46. The number of nitrogens with two attached hydrogens (primary N) is 1. The number of piperidine rings is 1. The van der Waals surface area contributed by atoms with Crippen molar-refractivity contribution in [2.24, 2.45) is 11.7 Å². The summed E-state index contributed by atoms with van der Waals surface area (Å²) in [6.07, 6.45) is 11.2. The Morgan fingerprint density at radius 2 is 1.96 bits per heavy atom. The number of likely N-dealkylation sites (tertiary alicyclic amines) is 1. The molecule has 1 aliphatic heterocycles. The zero-order valence-corrected chi connectivity index (χ0v) is 16.0. The van der Waals surface area contributed by atoms with Gasteiger partial charge in [-0.1, -0.05) is 39.0 Å². The molecule has 2 amide bonds. The number of primary amides is 1. The SMILES string of the molecule is CCC(CC(N)=O)N1CCC(C#N)(NC(=O)[CH]CC2CCCCC2)CC1. The molecule has 3 N–H and O–H groups in total. The molecule has 26 heavy (non-hydrogen) atoms. The third kappa shape index (κ3) is 5.98. The summed E-state index contributed by atoms with van der Waals surface area (Å²) in [4.78, 5) is 25.8. The zero-order valence-electron chi connectivity index (χ0n) is 16.0. The van der Waals surface area contributed by atoms with Crippen LogP contribution >= 0.6 is 0 Å². The molecule has 0 aromatic rings. The number of nitrogens with zero attached hydrogens (tertiary/aromatic N) is 2. The molecule has 6 heteroatoms. The Balaban J connectivity index is 1.81. The zero-order chi connectivity index (χ0) is 19.0. The first-order valence-corrected chi connectivity index (χ1v) is 10.1. The minimum Gasteiger partial charge on any atom is -0.370 e. The highest BCUT2D eigenvalue weighted by Crippen LogP contribution is 2.28. The summed E-state index contributed by atoms with van der Waals surface area (Å²) in [7, 11) is 0. The van der Waals surface area contributed by atoms with Crippen molar-refractivity contribution in [2.45, 2.75) is 82.7 Å². The second-order valence-electron chi connectivity index (χ2n) is 7.90. The molecule has 1 atom stereocenters. The van der Waals surface area contributed by atoms with Gasteiger partial charge >= 0.3 is 0 Å². The highest BCUT2D eigenvalue weighted by molar-refractivity contribution is 5.85. The molecule has 6 nitrogen and oxygen atoms in total. The molecule has 1 aliphatic carbocycles. The first kappa shape index (κ1) is 20.7. The lowest BCUT2D eigenvalue weighted by Gasteiger charge is -2.41. The van der Waals surface area contributed by atoms with Crippen molar-refractivity contribution in [3.8, 4) is 6.07 Å². The van der Waals surface area contributed by atoms with Crippen LogP contribution in [0.3, 0.4) is 0 Å². The van der Waals surface area contributed by atoms with Gasteiger partial charge in [0.15, 0.2) is 0 Å². The molecule has 0 aromatic carbocycles. The van der Waals surface area contributed by atoms with Gasteiger partial charge in [0.25, 0.3) is 0 Å². The van der Waals surface area contributed by atoms with Crippen molar-refractivity contribution in [3.05, 3.63) is 6.42 Å². The van der Waals surface area contributed by atoms with Gasteiger partial charge in [0, 0.05) is 32.0 Å². The van der Waals surface area contributed by atoms with E-state index in [1.807, 2.05) is 6.92 Å². The first-order valence-electron chi connectivity index (χ1n) is 10.1. The summed E-state index contributed by atoms with van der Waals surface area (Å²) >= 11 is 0. The van der Waals surface area contributed by atoms with Crippen LogP contribution in [0.25, 0.3) is 0 Å². The van der Waals surface area contributed by atoms with E-state index in [0.717, 1.165) is 12.8 Å². The van der Waals surface area contributed by atoms with E-state index >= 15 is 0 Å². The molecule has 1 unspecified atom stereocenters. The summed E-state index contributed by atoms with van der Waals surface area (Å²) in [5, 5.41) is 12.6. The molecule has 2 rings (SSSR count). The Bertz CT molecular complexity index is 514. The Morgan fingerprint density at radius 1 is 1.31 bits per heavy atom. The molecule has 0 bridgehead atoms. The Hall–Kier alpha value is -1.61. The van der Waals surface area contributed by atoms with Crippen LogP contribution in [0.5, 0.6) is 0 Å². The van der Waals surface area contributed by atoms with Crippen molar-refractivity contribution in [1.29, 1.82) is 5.26 Å². The maximum Gasteiger partial charge on any atom is 0.225 e. The third-order valence-electron chi connectivity index (χ3n) is 6.01. The van der Waals surface area contributed by atoms with E-state index in [1.54, 1.807) is 6.42 Å². The largest absolute Gasteiger partial charge is 0.370 e. The molecule has 145 valence electrons. The number of carbonyl (C=O) groups is 2. The fourth-order valence-corrected chi connectivity index (χ4v) is 4.28. The van der Waals surface area contributed by atoms with E-state index in [-0.39, 0.29) is 17.9 Å². The second-order valence-corrected chi connectivity index (χ2v) is 7.90. The molecule has 1 radical (unpaired) electrons. The van der Waals surface area contributed by atoms with Crippen molar-refractivity contribution in [2.75, 3.05) is 13.1 Å². The molecule has 2 aliphatic rings. The topological polar surface area (TPSA) is 99.2 Å². The van der Waals surface area contributed by atoms with Crippen molar-refractivity contribution >= 4 is 11.8 Å². The normalized spacial score (nSPS) is 22.3. The fraction of sp³-hybridized carbons (Fsp3) is 0.800. The average Bonchev–Trinajstić information content (AvgIpc) is 2.66. The summed E-state index contributed by atoms with van der Waals surface area (Å²) in [5.41, 5.74) is 4.55. The minimum atomic E-state index is -0.790. The van der Waals surface area contributed by atoms with E-state index in [9.17, 15) is 14.9 Å². The fourth-order valence-electron chi connectivity index (χ4n) is 4.28. The van der Waals surface area contributed by atoms with Gasteiger partial charge in [0.2, 0.25) is 11.8 Å². The summed E-state index contributed by atoms with van der Waals surface area (Å²) < 4.78 is 0. The summed E-state index contributed by atoms with van der Waals surface area (Å²) in [5.74, 6) is 0.211. The molecule has 1 saturated carbocycles. The lowest BCUT2D eigenvalue weighted by Crippen LogP contribution is -2.56. The van der Waals surface area contributed by atoms with Gasteiger partial charge in [0.05, 0.1) is 6.07 Å². The maximum absolute atomic E-state index is 12.3. The first-order chi connectivity index (χ1) is 12.5. The van der Waals surface area contributed by atoms with Crippen LogP contribution in [0, 0.1) is 23.7 Å². The molecule has 1 saturated heterocycles. The lowest BCUT2D eigenvalue weighted by atomic mass is 9.85. The Kier molecular flexibility index (Phi) is 7.89. The Labute approximate surface area is 157 Å². The van der Waals surface area contributed by atoms with Gasteiger partial charge in [-0.2, -0.15) is 5.26 Å².